The summed E-state index contributed by atoms with van der Waals surface area (Å²) >= 11 is 6.16. The highest BCUT2D eigenvalue weighted by atomic mass is 35.5. The van der Waals surface area contributed by atoms with Crippen molar-refractivity contribution in [3.05, 3.63) is 75.8 Å². The third kappa shape index (κ3) is 2.66. The van der Waals surface area contributed by atoms with E-state index in [-0.39, 0.29) is 5.69 Å². The van der Waals surface area contributed by atoms with Crippen LogP contribution >= 0.6 is 11.6 Å². The summed E-state index contributed by atoms with van der Waals surface area (Å²) in [5, 5.41) is 13.1. The molecule has 0 aliphatic heterocycles. The van der Waals surface area contributed by atoms with Crippen molar-refractivity contribution < 1.29 is 9.66 Å². The number of nitrogens with zero attached hydrogens (tertiary/aromatic N) is 1. The third-order valence-electron chi connectivity index (χ3n) is 3.11. The zero-order valence-electron chi connectivity index (χ0n) is 10.8. The molecule has 104 valence electrons. The van der Waals surface area contributed by atoms with Gasteiger partial charge in [0.2, 0.25) is 0 Å². The molecular formula is C16H10ClNO3. The van der Waals surface area contributed by atoms with Crippen LogP contribution in [0.4, 0.5) is 5.69 Å². The van der Waals surface area contributed by atoms with Crippen LogP contribution in [-0.2, 0) is 0 Å². The molecule has 0 atom stereocenters. The smallest absolute Gasteiger partial charge is 0.269 e. The fourth-order valence-corrected chi connectivity index (χ4v) is 2.31. The van der Waals surface area contributed by atoms with Crippen LogP contribution in [0.5, 0.6) is 11.5 Å². The van der Waals surface area contributed by atoms with Gasteiger partial charge in [-0.15, -0.1) is 0 Å². The molecule has 21 heavy (non-hydrogen) atoms. The Morgan fingerprint density at radius 1 is 0.905 bits per heavy atom. The van der Waals surface area contributed by atoms with Crippen molar-refractivity contribution in [3.63, 3.8) is 0 Å². The number of ether oxygens (including phenoxy) is 1. The van der Waals surface area contributed by atoms with E-state index >= 15 is 0 Å². The van der Waals surface area contributed by atoms with Crippen molar-refractivity contribution in [2.24, 2.45) is 0 Å². The lowest BCUT2D eigenvalue weighted by Crippen LogP contribution is -1.89. The lowest BCUT2D eigenvalue weighted by molar-refractivity contribution is -0.384. The minimum atomic E-state index is -0.443. The van der Waals surface area contributed by atoms with Crippen LogP contribution < -0.4 is 4.74 Å². The van der Waals surface area contributed by atoms with Gasteiger partial charge in [-0.05, 0) is 24.3 Å². The fraction of sp³-hybridized carbons (Fsp3) is 0. The SMILES string of the molecule is O=[N+]([O-])c1ccc(Oc2ccc(Cl)c3ccccc23)cc1. The van der Waals surface area contributed by atoms with Crippen molar-refractivity contribution in [1.29, 1.82) is 0 Å². The van der Waals surface area contributed by atoms with Crippen LogP contribution in [-0.4, -0.2) is 4.92 Å². The summed E-state index contributed by atoms with van der Waals surface area (Å²) in [7, 11) is 0. The van der Waals surface area contributed by atoms with Gasteiger partial charge < -0.3 is 4.74 Å². The van der Waals surface area contributed by atoms with Gasteiger partial charge in [0.1, 0.15) is 11.5 Å². The molecule has 0 unspecified atom stereocenters. The van der Waals surface area contributed by atoms with E-state index in [1.54, 1.807) is 24.3 Å². The van der Waals surface area contributed by atoms with Gasteiger partial charge in [0, 0.05) is 27.9 Å². The summed E-state index contributed by atoms with van der Waals surface area (Å²) in [4.78, 5) is 10.2. The summed E-state index contributed by atoms with van der Waals surface area (Å²) in [6.45, 7) is 0. The standard InChI is InChI=1S/C16H10ClNO3/c17-15-9-10-16(14-4-2-1-3-13(14)15)21-12-7-5-11(6-8-12)18(19)20/h1-10H. The zero-order valence-corrected chi connectivity index (χ0v) is 11.6. The van der Waals surface area contributed by atoms with Gasteiger partial charge in [0.15, 0.2) is 0 Å². The molecule has 0 heterocycles. The predicted molar refractivity (Wildman–Crippen MR) is 82.1 cm³/mol. The predicted octanol–water partition coefficient (Wildman–Crippen LogP) is 5.19. The summed E-state index contributed by atoms with van der Waals surface area (Å²) in [5.41, 5.74) is 0.0308. The molecule has 0 fully saturated rings. The summed E-state index contributed by atoms with van der Waals surface area (Å²) in [5.74, 6) is 1.19. The van der Waals surface area contributed by atoms with Gasteiger partial charge in [-0.2, -0.15) is 0 Å². The Labute approximate surface area is 125 Å². The quantitative estimate of drug-likeness (QED) is 0.494. The summed E-state index contributed by atoms with van der Waals surface area (Å²) in [6.07, 6.45) is 0. The Morgan fingerprint density at radius 3 is 2.24 bits per heavy atom. The second-order valence-corrected chi connectivity index (χ2v) is 4.85. The van der Waals surface area contributed by atoms with Gasteiger partial charge in [0.05, 0.1) is 4.92 Å². The first kappa shape index (κ1) is 13.4. The van der Waals surface area contributed by atoms with Crippen molar-refractivity contribution in [1.82, 2.24) is 0 Å². The maximum Gasteiger partial charge on any atom is 0.269 e. The first-order valence-corrected chi connectivity index (χ1v) is 6.62. The summed E-state index contributed by atoms with van der Waals surface area (Å²) in [6, 6.07) is 17.2. The number of nitro benzene ring substituents is 1. The first-order valence-electron chi connectivity index (χ1n) is 6.25. The molecule has 5 heteroatoms. The zero-order chi connectivity index (χ0) is 14.8. The largest absolute Gasteiger partial charge is 0.457 e. The fourth-order valence-electron chi connectivity index (χ4n) is 2.09. The molecular weight excluding hydrogens is 290 g/mol. The van der Waals surface area contributed by atoms with Crippen molar-refractivity contribution in [2.45, 2.75) is 0 Å². The van der Waals surface area contributed by atoms with Gasteiger partial charge >= 0.3 is 0 Å². The Kier molecular flexibility index (Phi) is 3.46. The minimum absolute atomic E-state index is 0.0308. The topological polar surface area (TPSA) is 52.4 Å². The van der Waals surface area contributed by atoms with Crippen LogP contribution in [0.2, 0.25) is 5.02 Å². The van der Waals surface area contributed by atoms with Gasteiger partial charge in [-0.1, -0.05) is 35.9 Å². The van der Waals surface area contributed by atoms with Gasteiger partial charge in [-0.25, -0.2) is 0 Å². The second kappa shape index (κ2) is 5.42. The molecule has 3 aromatic rings. The molecule has 0 N–H and O–H groups in total. The van der Waals surface area contributed by atoms with Crippen molar-refractivity contribution in [3.8, 4) is 11.5 Å². The number of hydrogen-bond acceptors (Lipinski definition) is 3. The van der Waals surface area contributed by atoms with Crippen molar-refractivity contribution >= 4 is 28.1 Å². The maximum atomic E-state index is 10.6. The molecule has 0 spiro atoms. The number of benzene rings is 3. The lowest BCUT2D eigenvalue weighted by atomic mass is 10.1. The molecule has 0 saturated carbocycles. The van der Waals surface area contributed by atoms with E-state index < -0.39 is 4.92 Å². The Balaban J connectivity index is 1.98. The van der Waals surface area contributed by atoms with E-state index in [1.807, 2.05) is 24.3 Å². The molecule has 0 aliphatic rings. The first-order chi connectivity index (χ1) is 10.1. The number of non-ortho nitro benzene ring substituents is 1. The molecule has 3 rings (SSSR count). The van der Waals surface area contributed by atoms with E-state index in [0.717, 1.165) is 10.8 Å². The van der Waals surface area contributed by atoms with Crippen LogP contribution in [0, 0.1) is 10.1 Å². The number of halogens is 1. The van der Waals surface area contributed by atoms with E-state index in [4.69, 9.17) is 16.3 Å². The van der Waals surface area contributed by atoms with Crippen LogP contribution in [0.3, 0.4) is 0 Å². The summed E-state index contributed by atoms with van der Waals surface area (Å²) < 4.78 is 5.80. The molecule has 0 radical (unpaired) electrons. The van der Waals surface area contributed by atoms with Gasteiger partial charge in [-0.3, -0.25) is 10.1 Å². The Morgan fingerprint density at radius 2 is 1.57 bits per heavy atom. The van der Waals surface area contributed by atoms with Crippen molar-refractivity contribution in [2.75, 3.05) is 0 Å². The average molecular weight is 300 g/mol. The Bertz CT molecular complexity index is 815. The number of hydrogen-bond donors (Lipinski definition) is 0. The van der Waals surface area contributed by atoms with E-state index in [0.29, 0.717) is 16.5 Å². The van der Waals surface area contributed by atoms with Crippen LogP contribution in [0.25, 0.3) is 10.8 Å². The Hall–Kier alpha value is -2.59. The van der Waals surface area contributed by atoms with E-state index in [1.165, 1.54) is 12.1 Å². The molecule has 0 bridgehead atoms. The molecule has 0 aliphatic carbocycles. The highest BCUT2D eigenvalue weighted by Gasteiger charge is 2.08. The van der Waals surface area contributed by atoms with Crippen LogP contribution in [0.15, 0.2) is 60.7 Å². The molecule has 0 aromatic heterocycles. The normalized spacial score (nSPS) is 10.5. The van der Waals surface area contributed by atoms with Gasteiger partial charge in [0.25, 0.3) is 5.69 Å². The second-order valence-electron chi connectivity index (χ2n) is 4.44. The maximum absolute atomic E-state index is 10.6. The molecule has 0 amide bonds. The highest BCUT2D eigenvalue weighted by Crippen LogP contribution is 2.34. The van der Waals surface area contributed by atoms with E-state index in [2.05, 4.69) is 0 Å². The lowest BCUT2D eigenvalue weighted by Gasteiger charge is -2.09. The van der Waals surface area contributed by atoms with E-state index in [9.17, 15) is 10.1 Å². The third-order valence-corrected chi connectivity index (χ3v) is 3.44. The molecule has 0 saturated heterocycles. The number of rotatable bonds is 3. The average Bonchev–Trinajstić information content (AvgIpc) is 2.51. The minimum Gasteiger partial charge on any atom is -0.457 e. The van der Waals surface area contributed by atoms with Crippen LogP contribution in [0.1, 0.15) is 0 Å². The molecule has 4 nitrogen and oxygen atoms in total. The monoisotopic (exact) mass is 299 g/mol. The molecule has 3 aromatic carbocycles. The number of fused-ring (bicyclic) bond motifs is 1. The highest BCUT2D eigenvalue weighted by molar-refractivity contribution is 6.35. The number of nitro groups is 1.